The van der Waals surface area contributed by atoms with Crippen molar-refractivity contribution in [2.75, 3.05) is 20.1 Å². The van der Waals surface area contributed by atoms with Crippen molar-refractivity contribution in [1.82, 2.24) is 20.4 Å². The van der Waals surface area contributed by atoms with E-state index in [1.807, 2.05) is 6.20 Å². The summed E-state index contributed by atoms with van der Waals surface area (Å²) in [6.45, 7) is 5.32. The van der Waals surface area contributed by atoms with Gasteiger partial charge in [0.15, 0.2) is 0 Å². The van der Waals surface area contributed by atoms with Crippen molar-refractivity contribution < 1.29 is 0 Å². The van der Waals surface area contributed by atoms with Crippen LogP contribution in [0.4, 0.5) is 0 Å². The van der Waals surface area contributed by atoms with Gasteiger partial charge in [-0.25, -0.2) is 0 Å². The monoisotopic (exact) mass is 222 g/mol. The van der Waals surface area contributed by atoms with Gasteiger partial charge in [0.1, 0.15) is 0 Å². The van der Waals surface area contributed by atoms with Crippen molar-refractivity contribution in [2.24, 2.45) is 0 Å². The lowest BCUT2D eigenvalue weighted by Crippen LogP contribution is -2.42. The summed E-state index contributed by atoms with van der Waals surface area (Å²) in [7, 11) is 2.23. The lowest BCUT2D eigenvalue weighted by molar-refractivity contribution is 0.181. The highest BCUT2D eigenvalue weighted by Gasteiger charge is 2.17. The number of piperidine rings is 1. The fraction of sp³-hybridized carbons (Fsp3) is 0.750. The molecule has 1 saturated heterocycles. The first kappa shape index (κ1) is 11.6. The van der Waals surface area contributed by atoms with Gasteiger partial charge in [-0.3, -0.25) is 5.10 Å². The highest BCUT2D eigenvalue weighted by atomic mass is 15.2. The highest BCUT2D eigenvalue weighted by molar-refractivity contribution is 5.13. The number of aryl methyl sites for hydroxylation is 1. The quantitative estimate of drug-likeness (QED) is 0.807. The molecule has 0 aliphatic carbocycles. The zero-order valence-electron chi connectivity index (χ0n) is 10.3. The molecule has 0 bridgehead atoms. The molecule has 1 fully saturated rings. The van der Waals surface area contributed by atoms with Crippen LogP contribution < -0.4 is 5.32 Å². The number of likely N-dealkylation sites (tertiary alicyclic amines) is 1. The second kappa shape index (κ2) is 5.46. The molecule has 1 atom stereocenters. The van der Waals surface area contributed by atoms with Gasteiger partial charge in [-0.15, -0.1) is 0 Å². The van der Waals surface area contributed by atoms with Crippen LogP contribution in [0.15, 0.2) is 6.20 Å². The third kappa shape index (κ3) is 2.83. The van der Waals surface area contributed by atoms with E-state index in [-0.39, 0.29) is 0 Å². The normalized spacial score (nSPS) is 22.5. The van der Waals surface area contributed by atoms with E-state index in [1.54, 1.807) is 0 Å². The Morgan fingerprint density at radius 1 is 1.56 bits per heavy atom. The zero-order valence-corrected chi connectivity index (χ0v) is 10.3. The van der Waals surface area contributed by atoms with Crippen LogP contribution >= 0.6 is 0 Å². The van der Waals surface area contributed by atoms with Crippen LogP contribution in [0.5, 0.6) is 0 Å². The first-order valence-electron chi connectivity index (χ1n) is 6.17. The Balaban J connectivity index is 1.73. The number of rotatable bonds is 4. The van der Waals surface area contributed by atoms with E-state index in [1.165, 1.54) is 37.1 Å². The smallest absolute Gasteiger partial charge is 0.0535 e. The molecule has 1 aromatic rings. The molecular weight excluding hydrogens is 200 g/mol. The lowest BCUT2D eigenvalue weighted by Gasteiger charge is -2.32. The van der Waals surface area contributed by atoms with Crippen molar-refractivity contribution in [3.63, 3.8) is 0 Å². The Labute approximate surface area is 97.4 Å². The van der Waals surface area contributed by atoms with Gasteiger partial charge in [-0.05, 0) is 33.4 Å². The van der Waals surface area contributed by atoms with Crippen molar-refractivity contribution >= 4 is 0 Å². The number of likely N-dealkylation sites (N-methyl/N-ethyl adjacent to an activating group) is 1. The molecule has 4 heteroatoms. The van der Waals surface area contributed by atoms with Gasteiger partial charge < -0.3 is 10.2 Å². The van der Waals surface area contributed by atoms with Crippen LogP contribution in [0.3, 0.4) is 0 Å². The molecule has 2 heterocycles. The molecule has 0 aromatic carbocycles. The summed E-state index contributed by atoms with van der Waals surface area (Å²) >= 11 is 0. The molecule has 2 rings (SSSR count). The van der Waals surface area contributed by atoms with Gasteiger partial charge in [0, 0.05) is 30.4 Å². The van der Waals surface area contributed by atoms with Crippen molar-refractivity contribution in [3.05, 3.63) is 17.5 Å². The molecule has 0 spiro atoms. The van der Waals surface area contributed by atoms with E-state index in [9.17, 15) is 0 Å². The van der Waals surface area contributed by atoms with Crippen LogP contribution in [-0.2, 0) is 6.54 Å². The molecule has 1 aromatic heterocycles. The predicted octanol–water partition coefficient (Wildman–Crippen LogP) is 1.29. The summed E-state index contributed by atoms with van der Waals surface area (Å²) < 4.78 is 0. The number of hydrogen-bond donors (Lipinski definition) is 2. The average Bonchev–Trinajstić information content (AvgIpc) is 2.67. The molecule has 1 unspecified atom stereocenters. The Kier molecular flexibility index (Phi) is 3.96. The van der Waals surface area contributed by atoms with E-state index in [0.29, 0.717) is 6.04 Å². The predicted molar refractivity (Wildman–Crippen MR) is 65.3 cm³/mol. The summed E-state index contributed by atoms with van der Waals surface area (Å²) in [6, 6.07) is 0.709. The van der Waals surface area contributed by atoms with Crippen molar-refractivity contribution in [2.45, 2.75) is 38.8 Å². The maximum absolute atomic E-state index is 4.03. The third-order valence-corrected chi connectivity index (χ3v) is 3.55. The molecule has 16 heavy (non-hydrogen) atoms. The van der Waals surface area contributed by atoms with E-state index < -0.39 is 0 Å². The van der Waals surface area contributed by atoms with E-state index >= 15 is 0 Å². The highest BCUT2D eigenvalue weighted by Crippen LogP contribution is 2.14. The first-order chi connectivity index (χ1) is 7.77. The number of nitrogens with zero attached hydrogens (tertiary/aromatic N) is 2. The van der Waals surface area contributed by atoms with Gasteiger partial charge in [-0.1, -0.05) is 6.42 Å². The summed E-state index contributed by atoms with van der Waals surface area (Å²) in [6.07, 6.45) is 5.97. The van der Waals surface area contributed by atoms with Crippen LogP contribution in [0.2, 0.25) is 0 Å². The molecule has 1 aliphatic rings. The summed E-state index contributed by atoms with van der Waals surface area (Å²) in [4.78, 5) is 2.47. The molecule has 4 nitrogen and oxygen atoms in total. The summed E-state index contributed by atoms with van der Waals surface area (Å²) in [5, 5.41) is 10.5. The number of aromatic amines is 1. The van der Waals surface area contributed by atoms with Crippen LogP contribution in [0.25, 0.3) is 0 Å². The third-order valence-electron chi connectivity index (χ3n) is 3.55. The second-order valence-corrected chi connectivity index (χ2v) is 4.78. The van der Waals surface area contributed by atoms with Gasteiger partial charge in [0.25, 0.3) is 0 Å². The first-order valence-corrected chi connectivity index (χ1v) is 6.17. The maximum Gasteiger partial charge on any atom is 0.0535 e. The van der Waals surface area contributed by atoms with E-state index in [0.717, 1.165) is 13.1 Å². The average molecular weight is 222 g/mol. The number of nitrogens with one attached hydrogen (secondary N) is 2. The fourth-order valence-electron chi connectivity index (χ4n) is 2.33. The lowest BCUT2D eigenvalue weighted by atomic mass is 10.0. The summed E-state index contributed by atoms with van der Waals surface area (Å²) in [5.41, 5.74) is 2.45. The molecule has 90 valence electrons. The Bertz CT molecular complexity index is 321. The Hall–Kier alpha value is -0.870. The zero-order chi connectivity index (χ0) is 11.4. The molecule has 2 N–H and O–H groups in total. The topological polar surface area (TPSA) is 44.0 Å². The van der Waals surface area contributed by atoms with Crippen molar-refractivity contribution in [1.29, 1.82) is 0 Å². The SMILES string of the molecule is Cc1[nH]ncc1CNCC1CCCCN1C. The molecule has 1 aliphatic heterocycles. The molecule has 0 amide bonds. The maximum atomic E-state index is 4.03. The van der Waals surface area contributed by atoms with Crippen LogP contribution in [0.1, 0.15) is 30.5 Å². The largest absolute Gasteiger partial charge is 0.311 e. The minimum absolute atomic E-state index is 0.709. The summed E-state index contributed by atoms with van der Waals surface area (Å²) in [5.74, 6) is 0. The number of hydrogen-bond acceptors (Lipinski definition) is 3. The standard InChI is InChI=1S/C12H22N4/c1-10-11(8-14-15-10)7-13-9-12-5-3-4-6-16(12)2/h8,12-13H,3-7,9H2,1-2H3,(H,14,15). The Morgan fingerprint density at radius 2 is 2.44 bits per heavy atom. The second-order valence-electron chi connectivity index (χ2n) is 4.78. The molecular formula is C12H22N4. The Morgan fingerprint density at radius 3 is 3.12 bits per heavy atom. The van der Waals surface area contributed by atoms with E-state index in [2.05, 4.69) is 34.4 Å². The van der Waals surface area contributed by atoms with Crippen LogP contribution in [0, 0.1) is 6.92 Å². The van der Waals surface area contributed by atoms with Gasteiger partial charge in [0.2, 0.25) is 0 Å². The van der Waals surface area contributed by atoms with E-state index in [4.69, 9.17) is 0 Å². The van der Waals surface area contributed by atoms with Crippen molar-refractivity contribution in [3.8, 4) is 0 Å². The molecule has 0 radical (unpaired) electrons. The number of H-pyrrole nitrogens is 1. The van der Waals surface area contributed by atoms with Gasteiger partial charge in [0.05, 0.1) is 6.20 Å². The number of aromatic nitrogens is 2. The van der Waals surface area contributed by atoms with Crippen LogP contribution in [-0.4, -0.2) is 41.3 Å². The fourth-order valence-corrected chi connectivity index (χ4v) is 2.33. The minimum atomic E-state index is 0.709. The van der Waals surface area contributed by atoms with Gasteiger partial charge >= 0.3 is 0 Å². The molecule has 0 saturated carbocycles. The minimum Gasteiger partial charge on any atom is -0.311 e. The van der Waals surface area contributed by atoms with Gasteiger partial charge in [-0.2, -0.15) is 5.10 Å².